The van der Waals surface area contributed by atoms with Gasteiger partial charge in [-0.15, -0.1) is 0 Å². The zero-order valence-electron chi connectivity index (χ0n) is 12.8. The Morgan fingerprint density at radius 3 is 2.91 bits per heavy atom. The van der Waals surface area contributed by atoms with Crippen LogP contribution in [0.1, 0.15) is 12.0 Å². The highest BCUT2D eigenvalue weighted by Gasteiger charge is 2.52. The SMILES string of the molecule is Cn1cccc1NC(=O)C1CC2(CN1)C(=O)Nc1ccccc12. The molecule has 0 aliphatic carbocycles. The van der Waals surface area contributed by atoms with Crippen molar-refractivity contribution in [2.24, 2.45) is 7.05 Å². The summed E-state index contributed by atoms with van der Waals surface area (Å²) in [4.78, 5) is 25.0. The molecule has 2 atom stereocenters. The molecule has 2 aromatic rings. The number of aromatic nitrogens is 1. The first-order chi connectivity index (χ1) is 11.1. The van der Waals surface area contributed by atoms with Crippen molar-refractivity contribution < 1.29 is 9.59 Å². The summed E-state index contributed by atoms with van der Waals surface area (Å²) in [6.07, 6.45) is 2.34. The highest BCUT2D eigenvalue weighted by atomic mass is 16.2. The van der Waals surface area contributed by atoms with E-state index in [4.69, 9.17) is 0 Å². The van der Waals surface area contributed by atoms with E-state index in [0.29, 0.717) is 13.0 Å². The van der Waals surface area contributed by atoms with E-state index in [-0.39, 0.29) is 17.9 Å². The summed E-state index contributed by atoms with van der Waals surface area (Å²) >= 11 is 0. The van der Waals surface area contributed by atoms with E-state index >= 15 is 0 Å². The molecule has 1 saturated heterocycles. The summed E-state index contributed by atoms with van der Waals surface area (Å²) < 4.78 is 1.85. The Balaban J connectivity index is 1.56. The molecule has 0 saturated carbocycles. The maximum absolute atomic E-state index is 12.5. The van der Waals surface area contributed by atoms with Crippen LogP contribution >= 0.6 is 0 Å². The van der Waals surface area contributed by atoms with Gasteiger partial charge < -0.3 is 20.5 Å². The van der Waals surface area contributed by atoms with Gasteiger partial charge in [0.2, 0.25) is 11.8 Å². The number of hydrogen-bond acceptors (Lipinski definition) is 3. The Labute approximate surface area is 133 Å². The monoisotopic (exact) mass is 310 g/mol. The van der Waals surface area contributed by atoms with Gasteiger partial charge in [-0.1, -0.05) is 18.2 Å². The Morgan fingerprint density at radius 2 is 2.13 bits per heavy atom. The molecule has 3 heterocycles. The van der Waals surface area contributed by atoms with Crippen LogP contribution in [0.15, 0.2) is 42.6 Å². The minimum absolute atomic E-state index is 0.0274. The van der Waals surface area contributed by atoms with Crippen molar-refractivity contribution >= 4 is 23.3 Å². The summed E-state index contributed by atoms with van der Waals surface area (Å²) in [5.41, 5.74) is 1.18. The van der Waals surface area contributed by atoms with E-state index in [9.17, 15) is 9.59 Å². The van der Waals surface area contributed by atoms with Gasteiger partial charge in [-0.3, -0.25) is 9.59 Å². The molecule has 2 aliphatic rings. The second kappa shape index (κ2) is 4.96. The predicted octanol–water partition coefficient (Wildman–Crippen LogP) is 1.22. The van der Waals surface area contributed by atoms with E-state index in [1.54, 1.807) is 0 Å². The first-order valence-electron chi connectivity index (χ1n) is 7.67. The number of nitrogens with zero attached hydrogens (tertiary/aromatic N) is 1. The molecule has 2 unspecified atom stereocenters. The van der Waals surface area contributed by atoms with Crippen LogP contribution in [0.3, 0.4) is 0 Å². The molecular formula is C17H18N4O2. The number of benzene rings is 1. The number of anilines is 2. The maximum atomic E-state index is 12.5. The van der Waals surface area contributed by atoms with Crippen molar-refractivity contribution in [1.82, 2.24) is 9.88 Å². The number of aryl methyl sites for hydroxylation is 1. The number of fused-ring (bicyclic) bond motifs is 2. The van der Waals surface area contributed by atoms with Gasteiger partial charge in [0.15, 0.2) is 0 Å². The van der Waals surface area contributed by atoms with E-state index in [0.717, 1.165) is 17.1 Å². The van der Waals surface area contributed by atoms with Gasteiger partial charge in [0.25, 0.3) is 0 Å². The third kappa shape index (κ3) is 2.06. The number of carbonyl (C=O) groups excluding carboxylic acids is 2. The standard InChI is InChI=1S/C17H18N4O2/c1-21-8-4-7-14(21)20-15(22)13-9-17(10-18-13)11-5-2-3-6-12(11)19-16(17)23/h2-8,13,18H,9-10H2,1H3,(H,19,23)(H,20,22). The van der Waals surface area contributed by atoms with Gasteiger partial charge in [0.1, 0.15) is 5.82 Å². The second-order valence-electron chi connectivity index (χ2n) is 6.21. The zero-order chi connectivity index (χ0) is 16.0. The smallest absolute Gasteiger partial charge is 0.242 e. The molecule has 6 nitrogen and oxygen atoms in total. The third-order valence-corrected chi connectivity index (χ3v) is 4.84. The fourth-order valence-corrected chi connectivity index (χ4v) is 3.53. The van der Waals surface area contributed by atoms with Crippen LogP contribution in [0, 0.1) is 0 Å². The minimum Gasteiger partial charge on any atom is -0.338 e. The largest absolute Gasteiger partial charge is 0.338 e. The lowest BCUT2D eigenvalue weighted by atomic mass is 9.79. The Bertz CT molecular complexity index is 797. The Kier molecular flexibility index (Phi) is 3.02. The van der Waals surface area contributed by atoms with Crippen molar-refractivity contribution in [1.29, 1.82) is 0 Å². The molecule has 2 amide bonds. The third-order valence-electron chi connectivity index (χ3n) is 4.84. The van der Waals surface area contributed by atoms with Crippen LogP contribution in [0.4, 0.5) is 11.5 Å². The maximum Gasteiger partial charge on any atom is 0.242 e. The summed E-state index contributed by atoms with van der Waals surface area (Å²) in [6.45, 7) is 0.473. The Hall–Kier alpha value is -2.60. The number of nitrogens with one attached hydrogen (secondary N) is 3. The minimum atomic E-state index is -0.646. The molecule has 4 rings (SSSR count). The van der Waals surface area contributed by atoms with Crippen molar-refractivity contribution in [2.75, 3.05) is 17.2 Å². The normalized spacial score (nSPS) is 25.4. The van der Waals surface area contributed by atoms with E-state index < -0.39 is 5.41 Å². The highest BCUT2D eigenvalue weighted by molar-refractivity contribution is 6.08. The molecule has 2 aliphatic heterocycles. The van der Waals surface area contributed by atoms with Crippen molar-refractivity contribution in [3.05, 3.63) is 48.2 Å². The first kappa shape index (κ1) is 14.0. The van der Waals surface area contributed by atoms with Gasteiger partial charge in [0.05, 0.1) is 11.5 Å². The lowest BCUT2D eigenvalue weighted by Gasteiger charge is -2.20. The van der Waals surface area contributed by atoms with Crippen LogP contribution in [-0.2, 0) is 22.1 Å². The molecule has 0 bridgehead atoms. The van der Waals surface area contributed by atoms with Gasteiger partial charge in [0, 0.05) is 25.5 Å². The average molecular weight is 310 g/mol. The van der Waals surface area contributed by atoms with Gasteiger partial charge in [-0.05, 0) is 30.2 Å². The molecular weight excluding hydrogens is 292 g/mol. The quantitative estimate of drug-likeness (QED) is 0.780. The fourth-order valence-electron chi connectivity index (χ4n) is 3.53. The second-order valence-corrected chi connectivity index (χ2v) is 6.21. The molecule has 6 heteroatoms. The van der Waals surface area contributed by atoms with Crippen molar-refractivity contribution in [3.63, 3.8) is 0 Å². The summed E-state index contributed by atoms with van der Waals surface area (Å²) in [5, 5.41) is 9.05. The topological polar surface area (TPSA) is 75.2 Å². The van der Waals surface area contributed by atoms with E-state index in [1.807, 2.05) is 54.2 Å². The molecule has 1 aromatic heterocycles. The van der Waals surface area contributed by atoms with Crippen LogP contribution in [-0.4, -0.2) is 29.0 Å². The van der Waals surface area contributed by atoms with Gasteiger partial charge in [-0.2, -0.15) is 0 Å². The number of carbonyl (C=O) groups is 2. The number of amides is 2. The lowest BCUT2D eigenvalue weighted by molar-refractivity contribution is -0.120. The predicted molar refractivity (Wildman–Crippen MR) is 87.2 cm³/mol. The molecule has 23 heavy (non-hydrogen) atoms. The van der Waals surface area contributed by atoms with Crippen LogP contribution < -0.4 is 16.0 Å². The summed E-state index contributed by atoms with van der Waals surface area (Å²) in [6, 6.07) is 11.0. The molecule has 3 N–H and O–H groups in total. The van der Waals surface area contributed by atoms with Crippen LogP contribution in [0.5, 0.6) is 0 Å². The molecule has 118 valence electrons. The summed E-state index contributed by atoms with van der Waals surface area (Å²) in [5.74, 6) is 0.607. The lowest BCUT2D eigenvalue weighted by Crippen LogP contribution is -2.36. The molecule has 1 aromatic carbocycles. The number of rotatable bonds is 2. The van der Waals surface area contributed by atoms with Crippen LogP contribution in [0.2, 0.25) is 0 Å². The highest BCUT2D eigenvalue weighted by Crippen LogP contribution is 2.43. The molecule has 0 radical (unpaired) electrons. The molecule has 1 fully saturated rings. The number of hydrogen-bond donors (Lipinski definition) is 3. The van der Waals surface area contributed by atoms with Gasteiger partial charge >= 0.3 is 0 Å². The Morgan fingerprint density at radius 1 is 1.30 bits per heavy atom. The molecule has 1 spiro atoms. The van der Waals surface area contributed by atoms with E-state index in [2.05, 4.69) is 16.0 Å². The number of para-hydroxylation sites is 1. The van der Waals surface area contributed by atoms with E-state index in [1.165, 1.54) is 0 Å². The summed E-state index contributed by atoms with van der Waals surface area (Å²) in [7, 11) is 1.87. The average Bonchev–Trinajstić information content (AvgIpc) is 3.22. The van der Waals surface area contributed by atoms with Crippen molar-refractivity contribution in [3.8, 4) is 0 Å². The zero-order valence-corrected chi connectivity index (χ0v) is 12.8. The first-order valence-corrected chi connectivity index (χ1v) is 7.67. The van der Waals surface area contributed by atoms with Crippen LogP contribution in [0.25, 0.3) is 0 Å². The van der Waals surface area contributed by atoms with Crippen molar-refractivity contribution in [2.45, 2.75) is 17.9 Å². The fraction of sp³-hybridized carbons (Fsp3) is 0.294. The van der Waals surface area contributed by atoms with Gasteiger partial charge in [-0.25, -0.2) is 0 Å².